The third-order valence-corrected chi connectivity index (χ3v) is 3.67. The molecule has 0 radical (unpaired) electrons. The second kappa shape index (κ2) is 5.56. The Morgan fingerprint density at radius 3 is 2.45 bits per heavy atom. The third kappa shape index (κ3) is 2.50. The van der Waals surface area contributed by atoms with Crippen LogP contribution in [0, 0.1) is 0 Å². The van der Waals surface area contributed by atoms with Crippen LogP contribution >= 0.6 is 15.9 Å². The molecule has 0 fully saturated rings. The van der Waals surface area contributed by atoms with Crippen molar-refractivity contribution in [3.63, 3.8) is 0 Å². The molecule has 4 nitrogen and oxygen atoms in total. The number of nitrogens with zero attached hydrogens (tertiary/aromatic N) is 2. The van der Waals surface area contributed by atoms with Crippen molar-refractivity contribution in [3.05, 3.63) is 70.5 Å². The van der Waals surface area contributed by atoms with Crippen molar-refractivity contribution in [3.8, 4) is 11.4 Å². The monoisotopic (exact) mass is 329 g/mol. The van der Waals surface area contributed by atoms with Gasteiger partial charge in [0.05, 0.1) is 0 Å². The lowest BCUT2D eigenvalue weighted by atomic mass is 10.1. The summed E-state index contributed by atoms with van der Waals surface area (Å²) >= 11 is 3.47. The standard InChI is InChI=1S/C15H12BrN3O/c16-12-9-5-4-8-11(12)14-18-15(20-19-14)13(17)10-6-2-1-3-7-10/h1-9,13H,17H2/t13-/m0/s1. The number of rotatable bonds is 3. The van der Waals surface area contributed by atoms with Crippen LogP contribution in [0.25, 0.3) is 11.4 Å². The Bertz CT molecular complexity index is 712. The first kappa shape index (κ1) is 13.0. The number of benzene rings is 2. The van der Waals surface area contributed by atoms with Gasteiger partial charge in [-0.05, 0) is 17.7 Å². The quantitative estimate of drug-likeness (QED) is 0.798. The molecule has 0 amide bonds. The number of hydrogen-bond donors (Lipinski definition) is 1. The Balaban J connectivity index is 1.93. The highest BCUT2D eigenvalue weighted by molar-refractivity contribution is 9.10. The first-order chi connectivity index (χ1) is 9.75. The summed E-state index contributed by atoms with van der Waals surface area (Å²) in [4.78, 5) is 4.38. The second-order valence-corrected chi connectivity index (χ2v) is 5.18. The minimum Gasteiger partial charge on any atom is -0.337 e. The van der Waals surface area contributed by atoms with E-state index in [9.17, 15) is 0 Å². The highest BCUT2D eigenvalue weighted by Gasteiger charge is 2.18. The van der Waals surface area contributed by atoms with Crippen molar-refractivity contribution in [2.75, 3.05) is 0 Å². The lowest BCUT2D eigenvalue weighted by Gasteiger charge is -2.05. The van der Waals surface area contributed by atoms with E-state index < -0.39 is 6.04 Å². The number of hydrogen-bond acceptors (Lipinski definition) is 4. The molecule has 0 spiro atoms. The first-order valence-corrected chi connectivity index (χ1v) is 6.94. The van der Waals surface area contributed by atoms with Crippen molar-refractivity contribution in [2.24, 2.45) is 5.73 Å². The zero-order valence-electron chi connectivity index (χ0n) is 10.5. The van der Waals surface area contributed by atoms with E-state index in [1.807, 2.05) is 54.6 Å². The SMILES string of the molecule is N[C@@H](c1ccccc1)c1nc(-c2ccccc2Br)no1. The molecule has 1 heterocycles. The van der Waals surface area contributed by atoms with Crippen LogP contribution in [0.4, 0.5) is 0 Å². The average Bonchev–Trinajstić information content (AvgIpc) is 2.97. The molecule has 1 aromatic heterocycles. The van der Waals surface area contributed by atoms with Gasteiger partial charge < -0.3 is 10.3 Å². The fourth-order valence-corrected chi connectivity index (χ4v) is 2.38. The van der Waals surface area contributed by atoms with E-state index in [0.717, 1.165) is 15.6 Å². The summed E-state index contributed by atoms with van der Waals surface area (Å²) in [6.07, 6.45) is 0. The molecule has 3 aromatic rings. The molecule has 0 aliphatic rings. The molecule has 0 unspecified atom stereocenters. The van der Waals surface area contributed by atoms with Gasteiger partial charge in [0, 0.05) is 10.0 Å². The van der Waals surface area contributed by atoms with Crippen molar-refractivity contribution in [1.29, 1.82) is 0 Å². The summed E-state index contributed by atoms with van der Waals surface area (Å²) in [6, 6.07) is 17.0. The van der Waals surface area contributed by atoms with E-state index in [1.165, 1.54) is 0 Å². The van der Waals surface area contributed by atoms with E-state index in [0.29, 0.717) is 11.7 Å². The molecule has 100 valence electrons. The largest absolute Gasteiger partial charge is 0.337 e. The molecule has 0 saturated heterocycles. The molecule has 2 aromatic carbocycles. The topological polar surface area (TPSA) is 64.9 Å². The highest BCUT2D eigenvalue weighted by atomic mass is 79.9. The van der Waals surface area contributed by atoms with Crippen molar-refractivity contribution in [2.45, 2.75) is 6.04 Å². The normalized spacial score (nSPS) is 12.3. The maximum atomic E-state index is 6.14. The second-order valence-electron chi connectivity index (χ2n) is 4.32. The summed E-state index contributed by atoms with van der Waals surface area (Å²) in [7, 11) is 0. The molecular weight excluding hydrogens is 318 g/mol. The predicted octanol–water partition coefficient (Wildman–Crippen LogP) is 3.55. The molecular formula is C15H12BrN3O. The maximum absolute atomic E-state index is 6.14. The van der Waals surface area contributed by atoms with Gasteiger partial charge in [0.1, 0.15) is 6.04 Å². The number of halogens is 1. The van der Waals surface area contributed by atoms with E-state index in [2.05, 4.69) is 26.1 Å². The van der Waals surface area contributed by atoms with E-state index in [1.54, 1.807) is 0 Å². The van der Waals surface area contributed by atoms with Crippen LogP contribution in [0.5, 0.6) is 0 Å². The van der Waals surface area contributed by atoms with Crippen LogP contribution in [-0.2, 0) is 0 Å². The Labute approximate surface area is 124 Å². The maximum Gasteiger partial charge on any atom is 0.248 e. The third-order valence-electron chi connectivity index (χ3n) is 2.98. The van der Waals surface area contributed by atoms with Gasteiger partial charge in [-0.2, -0.15) is 4.98 Å². The Morgan fingerprint density at radius 1 is 1.00 bits per heavy atom. The molecule has 0 bridgehead atoms. The van der Waals surface area contributed by atoms with Gasteiger partial charge in [0.2, 0.25) is 11.7 Å². The van der Waals surface area contributed by atoms with Gasteiger partial charge in [-0.1, -0.05) is 63.6 Å². The molecule has 0 saturated carbocycles. The van der Waals surface area contributed by atoms with E-state index in [-0.39, 0.29) is 0 Å². The fourth-order valence-electron chi connectivity index (χ4n) is 1.92. The van der Waals surface area contributed by atoms with Crippen LogP contribution in [0.2, 0.25) is 0 Å². The molecule has 5 heteroatoms. The fraction of sp³-hybridized carbons (Fsp3) is 0.0667. The summed E-state index contributed by atoms with van der Waals surface area (Å²) in [5.74, 6) is 0.931. The van der Waals surface area contributed by atoms with Gasteiger partial charge in [-0.25, -0.2) is 0 Å². The Kier molecular flexibility index (Phi) is 3.62. The van der Waals surface area contributed by atoms with Crippen LogP contribution < -0.4 is 5.73 Å². The highest BCUT2D eigenvalue weighted by Crippen LogP contribution is 2.27. The Morgan fingerprint density at radius 2 is 1.70 bits per heavy atom. The summed E-state index contributed by atoms with van der Waals surface area (Å²) in [6.45, 7) is 0. The first-order valence-electron chi connectivity index (χ1n) is 6.15. The minimum atomic E-state index is -0.417. The van der Waals surface area contributed by atoms with Gasteiger partial charge >= 0.3 is 0 Å². The van der Waals surface area contributed by atoms with Crippen LogP contribution in [0.1, 0.15) is 17.5 Å². The van der Waals surface area contributed by atoms with Crippen molar-refractivity contribution < 1.29 is 4.52 Å². The molecule has 0 aliphatic heterocycles. The van der Waals surface area contributed by atoms with Crippen molar-refractivity contribution in [1.82, 2.24) is 10.1 Å². The van der Waals surface area contributed by atoms with Crippen LogP contribution in [0.3, 0.4) is 0 Å². The minimum absolute atomic E-state index is 0.405. The molecule has 20 heavy (non-hydrogen) atoms. The lowest BCUT2D eigenvalue weighted by Crippen LogP contribution is -2.11. The number of nitrogens with two attached hydrogens (primary N) is 1. The average molecular weight is 330 g/mol. The van der Waals surface area contributed by atoms with Crippen LogP contribution in [-0.4, -0.2) is 10.1 Å². The van der Waals surface area contributed by atoms with Gasteiger partial charge in [-0.3, -0.25) is 0 Å². The van der Waals surface area contributed by atoms with E-state index >= 15 is 0 Å². The van der Waals surface area contributed by atoms with Gasteiger partial charge in [-0.15, -0.1) is 0 Å². The molecule has 1 atom stereocenters. The molecule has 0 aliphatic carbocycles. The summed E-state index contributed by atoms with van der Waals surface area (Å²) < 4.78 is 6.20. The van der Waals surface area contributed by atoms with Gasteiger partial charge in [0.25, 0.3) is 0 Å². The van der Waals surface area contributed by atoms with Crippen LogP contribution in [0.15, 0.2) is 63.6 Å². The zero-order valence-corrected chi connectivity index (χ0v) is 12.1. The lowest BCUT2D eigenvalue weighted by molar-refractivity contribution is 0.367. The van der Waals surface area contributed by atoms with Gasteiger partial charge in [0.15, 0.2) is 0 Å². The summed E-state index contributed by atoms with van der Waals surface area (Å²) in [5.41, 5.74) is 7.96. The zero-order chi connectivity index (χ0) is 13.9. The molecule has 3 rings (SSSR count). The summed E-state index contributed by atoms with van der Waals surface area (Å²) in [5, 5.41) is 4.00. The van der Waals surface area contributed by atoms with Crippen molar-refractivity contribution >= 4 is 15.9 Å². The van der Waals surface area contributed by atoms with E-state index in [4.69, 9.17) is 10.3 Å². The smallest absolute Gasteiger partial charge is 0.248 e. The Hall–Kier alpha value is -1.98. The number of aromatic nitrogens is 2. The predicted molar refractivity (Wildman–Crippen MR) is 79.9 cm³/mol. The molecule has 2 N–H and O–H groups in total.